The van der Waals surface area contributed by atoms with Crippen LogP contribution in [0.2, 0.25) is 0 Å². The van der Waals surface area contributed by atoms with Crippen molar-refractivity contribution in [3.05, 3.63) is 90.3 Å². The van der Waals surface area contributed by atoms with Crippen LogP contribution in [-0.4, -0.2) is 24.1 Å². The van der Waals surface area contributed by atoms with Gasteiger partial charge in [0.25, 0.3) is 0 Å². The number of rotatable bonds is 4. The average molecular weight is 448 g/mol. The van der Waals surface area contributed by atoms with E-state index in [1.54, 1.807) is 22.2 Å². The van der Waals surface area contributed by atoms with Gasteiger partial charge in [-0.25, -0.2) is 14.6 Å². The summed E-state index contributed by atoms with van der Waals surface area (Å²) in [7, 11) is 0. The van der Waals surface area contributed by atoms with Gasteiger partial charge in [0, 0.05) is 23.6 Å². The number of fused-ring (bicyclic) bond motifs is 1. The summed E-state index contributed by atoms with van der Waals surface area (Å²) in [4.78, 5) is 8.78. The van der Waals surface area contributed by atoms with Gasteiger partial charge in [0.2, 0.25) is 0 Å². The lowest BCUT2D eigenvalue weighted by molar-refractivity contribution is -0.137. The van der Waals surface area contributed by atoms with Gasteiger partial charge in [0.15, 0.2) is 5.65 Å². The van der Waals surface area contributed by atoms with Gasteiger partial charge in [-0.2, -0.15) is 18.3 Å². The number of anilines is 2. The molecule has 0 atom stereocenters. The standard InChI is InChI=1S/C24H19F3N6/c1-15-5-6-17(24(25,26)27)12-20(15)22-13-32-11-3-4-21(23(32)31-22)30-18-7-9-19(10-8-18)33-16(2)28-14-29-33/h3-14,30H,1-2H3. The summed E-state index contributed by atoms with van der Waals surface area (Å²) in [5, 5.41) is 7.54. The third-order valence-corrected chi connectivity index (χ3v) is 5.43. The molecule has 0 aliphatic rings. The zero-order valence-corrected chi connectivity index (χ0v) is 17.8. The number of nitrogens with zero attached hydrogens (tertiary/aromatic N) is 5. The maximum absolute atomic E-state index is 13.2. The van der Waals surface area contributed by atoms with E-state index in [2.05, 4.69) is 20.4 Å². The van der Waals surface area contributed by atoms with Crippen molar-refractivity contribution in [2.45, 2.75) is 20.0 Å². The van der Waals surface area contributed by atoms with Gasteiger partial charge in [-0.05, 0) is 67.9 Å². The predicted octanol–water partition coefficient (Wildman–Crippen LogP) is 5.96. The molecule has 0 aliphatic heterocycles. The van der Waals surface area contributed by atoms with Crippen molar-refractivity contribution in [3.8, 4) is 16.9 Å². The molecule has 0 unspecified atom stereocenters. The topological polar surface area (TPSA) is 60.0 Å². The van der Waals surface area contributed by atoms with Crippen molar-refractivity contribution in [2.24, 2.45) is 0 Å². The lowest BCUT2D eigenvalue weighted by Crippen LogP contribution is -2.05. The Hall–Kier alpha value is -4.14. The summed E-state index contributed by atoms with van der Waals surface area (Å²) in [5.41, 5.74) is 4.03. The largest absolute Gasteiger partial charge is 0.416 e. The Labute approximate surface area is 187 Å². The SMILES string of the molecule is Cc1ccc(C(F)(F)F)cc1-c1cn2cccc(Nc3ccc(-n4ncnc4C)cc3)c2n1. The van der Waals surface area contributed by atoms with Crippen LogP contribution in [0.1, 0.15) is 17.0 Å². The number of nitrogens with one attached hydrogen (secondary N) is 1. The third kappa shape index (κ3) is 3.93. The molecule has 0 fully saturated rings. The van der Waals surface area contributed by atoms with Crippen LogP contribution in [0.15, 0.2) is 73.3 Å². The maximum atomic E-state index is 13.2. The zero-order valence-electron chi connectivity index (χ0n) is 17.8. The minimum absolute atomic E-state index is 0.451. The first-order chi connectivity index (χ1) is 15.8. The highest BCUT2D eigenvalue weighted by molar-refractivity contribution is 5.77. The van der Waals surface area contributed by atoms with Crippen molar-refractivity contribution in [1.29, 1.82) is 0 Å². The second-order valence-electron chi connectivity index (χ2n) is 7.70. The molecule has 33 heavy (non-hydrogen) atoms. The molecular formula is C24H19F3N6. The predicted molar refractivity (Wildman–Crippen MR) is 120 cm³/mol. The number of aromatic nitrogens is 5. The van der Waals surface area contributed by atoms with E-state index in [9.17, 15) is 13.2 Å². The molecule has 0 spiro atoms. The minimum Gasteiger partial charge on any atom is -0.352 e. The first-order valence-corrected chi connectivity index (χ1v) is 10.2. The molecule has 0 aliphatic carbocycles. The first kappa shape index (κ1) is 20.7. The Kier molecular flexibility index (Phi) is 4.88. The monoisotopic (exact) mass is 448 g/mol. The summed E-state index contributed by atoms with van der Waals surface area (Å²) in [6, 6.07) is 15.1. The van der Waals surface area contributed by atoms with Crippen LogP contribution < -0.4 is 5.32 Å². The molecule has 166 valence electrons. The van der Waals surface area contributed by atoms with E-state index in [0.29, 0.717) is 16.9 Å². The zero-order chi connectivity index (χ0) is 23.2. The molecule has 5 rings (SSSR count). The number of imidazole rings is 1. The number of hydrogen-bond donors (Lipinski definition) is 1. The van der Waals surface area contributed by atoms with Gasteiger partial charge in [-0.3, -0.25) is 0 Å². The number of alkyl halides is 3. The Morgan fingerprint density at radius 1 is 0.970 bits per heavy atom. The van der Waals surface area contributed by atoms with Gasteiger partial charge >= 0.3 is 6.18 Å². The Morgan fingerprint density at radius 3 is 2.45 bits per heavy atom. The molecule has 0 saturated carbocycles. The van der Waals surface area contributed by atoms with Crippen LogP contribution in [0.5, 0.6) is 0 Å². The number of pyridine rings is 1. The second kappa shape index (κ2) is 7.77. The van der Waals surface area contributed by atoms with Crippen molar-refractivity contribution in [1.82, 2.24) is 24.1 Å². The van der Waals surface area contributed by atoms with Gasteiger partial charge in [-0.1, -0.05) is 6.07 Å². The molecule has 1 N–H and O–H groups in total. The van der Waals surface area contributed by atoms with Gasteiger partial charge in [0.05, 0.1) is 22.6 Å². The van der Waals surface area contributed by atoms with E-state index in [0.717, 1.165) is 40.6 Å². The fraction of sp³-hybridized carbons (Fsp3) is 0.125. The molecule has 0 radical (unpaired) electrons. The van der Waals surface area contributed by atoms with Crippen LogP contribution in [-0.2, 0) is 6.18 Å². The molecule has 0 bridgehead atoms. The number of halogens is 3. The lowest BCUT2D eigenvalue weighted by Gasteiger charge is -2.10. The smallest absolute Gasteiger partial charge is 0.352 e. The van der Waals surface area contributed by atoms with Crippen LogP contribution >= 0.6 is 0 Å². The third-order valence-electron chi connectivity index (χ3n) is 5.43. The van der Waals surface area contributed by atoms with Crippen LogP contribution in [0.3, 0.4) is 0 Å². The quantitative estimate of drug-likeness (QED) is 0.369. The first-order valence-electron chi connectivity index (χ1n) is 10.2. The Morgan fingerprint density at radius 2 is 1.76 bits per heavy atom. The maximum Gasteiger partial charge on any atom is 0.416 e. The molecule has 5 aromatic rings. The molecule has 3 aromatic heterocycles. The summed E-state index contributed by atoms with van der Waals surface area (Å²) >= 11 is 0. The highest BCUT2D eigenvalue weighted by Gasteiger charge is 2.31. The summed E-state index contributed by atoms with van der Waals surface area (Å²) in [6.45, 7) is 3.65. The van der Waals surface area contributed by atoms with E-state index in [4.69, 9.17) is 0 Å². The summed E-state index contributed by atoms with van der Waals surface area (Å²) < 4.78 is 43.2. The van der Waals surface area contributed by atoms with E-state index in [1.165, 1.54) is 12.4 Å². The van der Waals surface area contributed by atoms with Crippen LogP contribution in [0.4, 0.5) is 24.5 Å². The van der Waals surface area contributed by atoms with E-state index >= 15 is 0 Å². The molecule has 2 aromatic carbocycles. The number of benzene rings is 2. The number of aryl methyl sites for hydroxylation is 2. The Balaban J connectivity index is 1.49. The minimum atomic E-state index is -4.41. The Bertz CT molecular complexity index is 1450. The molecule has 0 saturated heterocycles. The summed E-state index contributed by atoms with van der Waals surface area (Å²) in [5.74, 6) is 0.787. The molecule has 9 heteroatoms. The van der Waals surface area contributed by atoms with Gasteiger partial charge < -0.3 is 9.72 Å². The van der Waals surface area contributed by atoms with Crippen LogP contribution in [0, 0.1) is 13.8 Å². The number of hydrogen-bond acceptors (Lipinski definition) is 4. The van der Waals surface area contributed by atoms with Crippen LogP contribution in [0.25, 0.3) is 22.6 Å². The fourth-order valence-electron chi connectivity index (χ4n) is 3.71. The van der Waals surface area contributed by atoms with Gasteiger partial charge in [-0.15, -0.1) is 0 Å². The molecule has 0 amide bonds. The highest BCUT2D eigenvalue weighted by Crippen LogP contribution is 2.34. The molecule has 3 heterocycles. The average Bonchev–Trinajstić information content (AvgIpc) is 3.40. The van der Waals surface area contributed by atoms with E-state index in [-0.39, 0.29) is 0 Å². The van der Waals surface area contributed by atoms with Gasteiger partial charge in [0.1, 0.15) is 12.2 Å². The van der Waals surface area contributed by atoms with E-state index < -0.39 is 11.7 Å². The fourth-order valence-corrected chi connectivity index (χ4v) is 3.71. The second-order valence-corrected chi connectivity index (χ2v) is 7.70. The van der Waals surface area contributed by atoms with Crippen molar-refractivity contribution in [3.63, 3.8) is 0 Å². The lowest BCUT2D eigenvalue weighted by atomic mass is 10.0. The molecular weight excluding hydrogens is 429 g/mol. The highest BCUT2D eigenvalue weighted by atomic mass is 19.4. The molecule has 6 nitrogen and oxygen atoms in total. The van der Waals surface area contributed by atoms with E-state index in [1.807, 2.05) is 49.5 Å². The van der Waals surface area contributed by atoms with Crippen molar-refractivity contribution < 1.29 is 13.2 Å². The van der Waals surface area contributed by atoms with Crippen molar-refractivity contribution >= 4 is 17.0 Å². The summed E-state index contributed by atoms with van der Waals surface area (Å²) in [6.07, 6.45) is 0.644. The van der Waals surface area contributed by atoms with Crippen molar-refractivity contribution in [2.75, 3.05) is 5.32 Å². The normalized spacial score (nSPS) is 11.8.